The monoisotopic (exact) mass is 237 g/mol. The molecule has 4 nitrogen and oxygen atoms in total. The van der Waals surface area contributed by atoms with Gasteiger partial charge in [-0.3, -0.25) is 0 Å². The van der Waals surface area contributed by atoms with Gasteiger partial charge in [0.25, 0.3) is 0 Å². The number of hydrogen-bond acceptors (Lipinski definition) is 4. The number of aromatic nitrogens is 2. The molecule has 1 aromatic rings. The number of anilines is 1. The van der Waals surface area contributed by atoms with Gasteiger partial charge in [-0.2, -0.15) is 0 Å². The maximum Gasteiger partial charge on any atom is 0.156 e. The van der Waals surface area contributed by atoms with Crippen LogP contribution in [0.3, 0.4) is 0 Å². The summed E-state index contributed by atoms with van der Waals surface area (Å²) in [5.41, 5.74) is 1.06. The molecule has 1 heterocycles. The standard InChI is InChI=1S/C13H23N3O/c1-4-7-14-12-9-11(6-3)15-13(16-12)10-17-8-5-2/h9H,4-8,10H2,1-3H3,(H,14,15,16). The van der Waals surface area contributed by atoms with Crippen LogP contribution in [0.15, 0.2) is 6.07 Å². The highest BCUT2D eigenvalue weighted by Crippen LogP contribution is 2.08. The maximum absolute atomic E-state index is 5.48. The molecule has 0 saturated heterocycles. The Morgan fingerprint density at radius 2 is 2.00 bits per heavy atom. The van der Waals surface area contributed by atoms with Gasteiger partial charge in [-0.25, -0.2) is 9.97 Å². The van der Waals surface area contributed by atoms with Crippen molar-refractivity contribution in [1.29, 1.82) is 0 Å². The molecule has 0 saturated carbocycles. The molecular weight excluding hydrogens is 214 g/mol. The third kappa shape index (κ3) is 5.13. The second-order valence-corrected chi connectivity index (χ2v) is 3.99. The van der Waals surface area contributed by atoms with Gasteiger partial charge in [-0.15, -0.1) is 0 Å². The lowest BCUT2D eigenvalue weighted by Crippen LogP contribution is -2.08. The summed E-state index contributed by atoms with van der Waals surface area (Å²) in [7, 11) is 0. The third-order valence-corrected chi connectivity index (χ3v) is 2.32. The molecule has 0 bridgehead atoms. The van der Waals surface area contributed by atoms with Gasteiger partial charge in [-0.1, -0.05) is 20.8 Å². The van der Waals surface area contributed by atoms with Gasteiger partial charge in [0, 0.05) is 24.9 Å². The van der Waals surface area contributed by atoms with E-state index in [1.165, 1.54) is 0 Å². The first-order valence-corrected chi connectivity index (χ1v) is 6.48. The Bertz CT molecular complexity index is 328. The Balaban J connectivity index is 2.67. The van der Waals surface area contributed by atoms with Crippen molar-refractivity contribution >= 4 is 5.82 Å². The average molecular weight is 237 g/mol. The zero-order valence-corrected chi connectivity index (χ0v) is 11.1. The molecule has 4 heteroatoms. The number of nitrogens with zero attached hydrogens (tertiary/aromatic N) is 2. The van der Waals surface area contributed by atoms with Crippen molar-refractivity contribution in [3.8, 4) is 0 Å². The van der Waals surface area contributed by atoms with Crippen LogP contribution < -0.4 is 5.32 Å². The average Bonchev–Trinajstić information content (AvgIpc) is 2.36. The molecule has 0 fully saturated rings. The van der Waals surface area contributed by atoms with Gasteiger partial charge in [0.2, 0.25) is 0 Å². The number of aryl methyl sites for hydroxylation is 1. The molecule has 1 N–H and O–H groups in total. The SMILES string of the molecule is CCCNc1cc(CC)nc(COCCC)n1. The predicted octanol–water partition coefficient (Wildman–Crippen LogP) is 2.79. The fraction of sp³-hybridized carbons (Fsp3) is 0.692. The van der Waals surface area contributed by atoms with E-state index in [-0.39, 0.29) is 0 Å². The quantitative estimate of drug-likeness (QED) is 0.706. The van der Waals surface area contributed by atoms with Crippen molar-refractivity contribution in [2.24, 2.45) is 0 Å². The van der Waals surface area contributed by atoms with Crippen molar-refractivity contribution in [1.82, 2.24) is 9.97 Å². The molecule has 17 heavy (non-hydrogen) atoms. The molecule has 1 rings (SSSR count). The smallest absolute Gasteiger partial charge is 0.156 e. The van der Waals surface area contributed by atoms with Crippen LogP contribution in [-0.2, 0) is 17.8 Å². The van der Waals surface area contributed by atoms with Crippen LogP contribution in [0.2, 0.25) is 0 Å². The Morgan fingerprint density at radius 1 is 1.18 bits per heavy atom. The minimum atomic E-state index is 0.502. The molecule has 0 unspecified atom stereocenters. The molecule has 0 aliphatic heterocycles. The van der Waals surface area contributed by atoms with Crippen LogP contribution in [0, 0.1) is 0 Å². The minimum absolute atomic E-state index is 0.502. The van der Waals surface area contributed by atoms with E-state index < -0.39 is 0 Å². The van der Waals surface area contributed by atoms with Crippen LogP contribution in [0.4, 0.5) is 5.82 Å². The highest BCUT2D eigenvalue weighted by atomic mass is 16.5. The molecular formula is C13H23N3O. The lowest BCUT2D eigenvalue weighted by Gasteiger charge is -2.08. The summed E-state index contributed by atoms with van der Waals surface area (Å²) in [5, 5.41) is 3.29. The van der Waals surface area contributed by atoms with Crippen molar-refractivity contribution in [3.63, 3.8) is 0 Å². The largest absolute Gasteiger partial charge is 0.373 e. The molecule has 0 amide bonds. The van der Waals surface area contributed by atoms with Crippen molar-refractivity contribution in [2.75, 3.05) is 18.5 Å². The summed E-state index contributed by atoms with van der Waals surface area (Å²) in [6, 6.07) is 2.01. The van der Waals surface area contributed by atoms with E-state index in [1.807, 2.05) is 6.07 Å². The predicted molar refractivity (Wildman–Crippen MR) is 70.1 cm³/mol. The Labute approximate surface area is 104 Å². The van der Waals surface area contributed by atoms with E-state index in [1.54, 1.807) is 0 Å². The number of nitrogens with one attached hydrogen (secondary N) is 1. The lowest BCUT2D eigenvalue weighted by molar-refractivity contribution is 0.116. The number of hydrogen-bond donors (Lipinski definition) is 1. The van der Waals surface area contributed by atoms with Crippen LogP contribution in [-0.4, -0.2) is 23.1 Å². The second-order valence-electron chi connectivity index (χ2n) is 3.99. The van der Waals surface area contributed by atoms with Crippen LogP contribution in [0.1, 0.15) is 45.1 Å². The van der Waals surface area contributed by atoms with E-state index in [0.29, 0.717) is 6.61 Å². The number of rotatable bonds is 8. The Morgan fingerprint density at radius 3 is 2.65 bits per heavy atom. The summed E-state index contributed by atoms with van der Waals surface area (Å²) in [6.45, 7) is 8.54. The first-order chi connectivity index (χ1) is 8.30. The van der Waals surface area contributed by atoms with E-state index >= 15 is 0 Å². The van der Waals surface area contributed by atoms with Crippen LogP contribution in [0.25, 0.3) is 0 Å². The second kappa shape index (κ2) is 8.01. The van der Waals surface area contributed by atoms with Crippen LogP contribution >= 0.6 is 0 Å². The summed E-state index contributed by atoms with van der Waals surface area (Å²) in [6.07, 6.45) is 3.03. The van der Waals surface area contributed by atoms with Crippen LogP contribution in [0.5, 0.6) is 0 Å². The third-order valence-electron chi connectivity index (χ3n) is 2.32. The fourth-order valence-electron chi connectivity index (χ4n) is 1.45. The van der Waals surface area contributed by atoms with Gasteiger partial charge in [0.1, 0.15) is 12.4 Å². The zero-order chi connectivity index (χ0) is 12.5. The Hall–Kier alpha value is -1.16. The van der Waals surface area contributed by atoms with Gasteiger partial charge in [0.05, 0.1) is 0 Å². The molecule has 1 aromatic heterocycles. The summed E-state index contributed by atoms with van der Waals surface area (Å²) < 4.78 is 5.48. The van der Waals surface area contributed by atoms with E-state index in [0.717, 1.165) is 49.8 Å². The fourth-order valence-corrected chi connectivity index (χ4v) is 1.45. The maximum atomic E-state index is 5.48. The first kappa shape index (κ1) is 13.9. The molecule has 0 atom stereocenters. The van der Waals surface area contributed by atoms with E-state index in [2.05, 4.69) is 36.1 Å². The van der Waals surface area contributed by atoms with Crippen molar-refractivity contribution in [2.45, 2.75) is 46.6 Å². The van der Waals surface area contributed by atoms with Crippen molar-refractivity contribution < 1.29 is 4.74 Å². The van der Waals surface area contributed by atoms with Gasteiger partial charge < -0.3 is 10.1 Å². The topological polar surface area (TPSA) is 47.0 Å². The molecule has 96 valence electrons. The molecule has 0 aliphatic rings. The van der Waals surface area contributed by atoms with E-state index in [9.17, 15) is 0 Å². The van der Waals surface area contributed by atoms with Gasteiger partial charge in [0.15, 0.2) is 5.82 Å². The summed E-state index contributed by atoms with van der Waals surface area (Å²) >= 11 is 0. The van der Waals surface area contributed by atoms with Gasteiger partial charge >= 0.3 is 0 Å². The highest BCUT2D eigenvalue weighted by molar-refractivity contribution is 5.35. The Kier molecular flexibility index (Phi) is 6.55. The molecule has 0 radical (unpaired) electrons. The zero-order valence-electron chi connectivity index (χ0n) is 11.1. The first-order valence-electron chi connectivity index (χ1n) is 6.48. The minimum Gasteiger partial charge on any atom is -0.373 e. The lowest BCUT2D eigenvalue weighted by atomic mass is 10.3. The van der Waals surface area contributed by atoms with E-state index in [4.69, 9.17) is 4.74 Å². The van der Waals surface area contributed by atoms with Gasteiger partial charge in [-0.05, 0) is 19.3 Å². The summed E-state index contributed by atoms with van der Waals surface area (Å²) in [5.74, 6) is 1.69. The van der Waals surface area contributed by atoms with Crippen molar-refractivity contribution in [3.05, 3.63) is 17.6 Å². The molecule has 0 aromatic carbocycles. The molecule has 0 spiro atoms. The molecule has 0 aliphatic carbocycles. The summed E-state index contributed by atoms with van der Waals surface area (Å²) in [4.78, 5) is 8.90. The number of ether oxygens (including phenoxy) is 1. The normalized spacial score (nSPS) is 10.5. The highest BCUT2D eigenvalue weighted by Gasteiger charge is 2.03.